The third kappa shape index (κ3) is 6.72. The Hall–Kier alpha value is -4.76. The Morgan fingerprint density at radius 1 is 0.936 bits per heavy atom. The van der Waals surface area contributed by atoms with Crippen LogP contribution in [0.1, 0.15) is 69.8 Å². The molecule has 2 fully saturated rings. The van der Waals surface area contributed by atoms with Crippen molar-refractivity contribution in [2.45, 2.75) is 50.3 Å². The molecule has 13 heteroatoms. The number of hydrogen-bond donors (Lipinski definition) is 0. The molecule has 0 atom stereocenters. The quantitative estimate of drug-likeness (QED) is 0.229. The molecule has 9 nitrogen and oxygen atoms in total. The lowest BCUT2D eigenvalue weighted by atomic mass is 9.76. The highest BCUT2D eigenvalue weighted by Crippen LogP contribution is 2.35. The van der Waals surface area contributed by atoms with Crippen LogP contribution in [0.3, 0.4) is 0 Å². The van der Waals surface area contributed by atoms with E-state index in [0.29, 0.717) is 72.8 Å². The number of pyridine rings is 3. The number of nitrogens with zero attached hydrogens (tertiary/aromatic N) is 6. The number of piperidine rings is 2. The number of rotatable bonds is 6. The highest BCUT2D eigenvalue weighted by Gasteiger charge is 2.39. The van der Waals surface area contributed by atoms with Crippen LogP contribution in [-0.4, -0.2) is 62.7 Å². The monoisotopic (exact) mass is 662 g/mol. The summed E-state index contributed by atoms with van der Waals surface area (Å²) < 4.78 is 44.8. The van der Waals surface area contributed by atoms with Crippen molar-refractivity contribution in [1.29, 1.82) is 5.26 Å². The summed E-state index contributed by atoms with van der Waals surface area (Å²) in [6.07, 6.45) is 2.91. The topological polar surface area (TPSA) is 112 Å². The molecule has 6 rings (SSSR count). The van der Waals surface area contributed by atoms with Crippen molar-refractivity contribution in [3.05, 3.63) is 94.2 Å². The third-order valence-corrected chi connectivity index (χ3v) is 9.13. The summed E-state index contributed by atoms with van der Waals surface area (Å²) in [5, 5.41) is 10.9. The van der Waals surface area contributed by atoms with Crippen molar-refractivity contribution in [1.82, 2.24) is 24.8 Å². The molecular weight excluding hydrogens is 633 g/mol. The number of hydrogen-bond acceptors (Lipinski definition) is 7. The highest BCUT2D eigenvalue weighted by molar-refractivity contribution is 6.31. The maximum Gasteiger partial charge on any atom is 0.417 e. The molecule has 2 aliphatic rings. The summed E-state index contributed by atoms with van der Waals surface area (Å²) >= 11 is 6.05. The maximum absolute atomic E-state index is 13.9. The van der Waals surface area contributed by atoms with Crippen LogP contribution in [0.2, 0.25) is 5.02 Å². The normalized spacial score (nSPS) is 16.5. The summed E-state index contributed by atoms with van der Waals surface area (Å²) in [6, 6.07) is 13.6. The number of halogens is 4. The Bertz CT molecular complexity index is 1850. The number of nitriles is 1. The van der Waals surface area contributed by atoms with Crippen molar-refractivity contribution in [3.63, 3.8) is 0 Å². The van der Waals surface area contributed by atoms with Gasteiger partial charge in [-0.05, 0) is 62.4 Å². The maximum atomic E-state index is 13.9. The second kappa shape index (κ2) is 13.2. The van der Waals surface area contributed by atoms with Gasteiger partial charge in [-0.2, -0.15) is 18.4 Å². The van der Waals surface area contributed by atoms with E-state index >= 15 is 0 Å². The molecule has 4 aromatic rings. The molecule has 0 spiro atoms. The van der Waals surface area contributed by atoms with Gasteiger partial charge < -0.3 is 14.5 Å². The van der Waals surface area contributed by atoms with E-state index in [4.69, 9.17) is 16.3 Å². The number of alkyl halides is 3. The van der Waals surface area contributed by atoms with Gasteiger partial charge in [0.2, 0.25) is 5.88 Å². The largest absolute Gasteiger partial charge is 0.471 e. The average Bonchev–Trinajstić information content (AvgIpc) is 3.10. The highest BCUT2D eigenvalue weighted by atomic mass is 35.5. The van der Waals surface area contributed by atoms with E-state index in [1.807, 2.05) is 12.1 Å². The number of ether oxygens (including phenoxy) is 1. The lowest BCUT2D eigenvalue weighted by Gasteiger charge is -2.37. The number of amides is 2. The van der Waals surface area contributed by atoms with Gasteiger partial charge in [0.1, 0.15) is 12.0 Å². The van der Waals surface area contributed by atoms with Crippen LogP contribution in [0, 0.1) is 11.3 Å². The molecule has 0 saturated carbocycles. The van der Waals surface area contributed by atoms with E-state index in [9.17, 15) is 28.0 Å². The fourth-order valence-corrected chi connectivity index (χ4v) is 6.32. The van der Waals surface area contributed by atoms with E-state index in [1.165, 1.54) is 6.20 Å². The zero-order chi connectivity index (χ0) is 33.2. The molecule has 2 aliphatic heterocycles. The van der Waals surface area contributed by atoms with E-state index in [-0.39, 0.29) is 35.0 Å². The molecule has 0 unspecified atom stereocenters. The van der Waals surface area contributed by atoms with E-state index in [1.54, 1.807) is 40.3 Å². The van der Waals surface area contributed by atoms with Crippen LogP contribution in [0.25, 0.3) is 10.8 Å². The molecule has 2 amide bonds. The molecule has 1 aromatic carbocycles. The SMILES string of the molecule is N#CC1(c2ccccn2)CCN(C(=O)c2cc(C(=O)N3CCCCC3)c3cc(OCc4ncc(C(F)(F)F)cc4Cl)ncc3c2)CC1. The van der Waals surface area contributed by atoms with Gasteiger partial charge in [-0.3, -0.25) is 19.6 Å². The van der Waals surface area contributed by atoms with Gasteiger partial charge in [-0.25, -0.2) is 4.98 Å². The first-order valence-electron chi connectivity index (χ1n) is 15.3. The van der Waals surface area contributed by atoms with Crippen LogP contribution < -0.4 is 4.74 Å². The smallest absolute Gasteiger partial charge is 0.417 e. The lowest BCUT2D eigenvalue weighted by Crippen LogP contribution is -2.45. The van der Waals surface area contributed by atoms with Crippen molar-refractivity contribution < 1.29 is 27.5 Å². The molecule has 5 heterocycles. The molecule has 0 bridgehead atoms. The molecule has 2 saturated heterocycles. The molecule has 3 aromatic heterocycles. The molecule has 47 heavy (non-hydrogen) atoms. The number of benzene rings is 1. The molecule has 0 radical (unpaired) electrons. The number of aromatic nitrogens is 3. The first kappa shape index (κ1) is 32.2. The van der Waals surface area contributed by atoms with Gasteiger partial charge >= 0.3 is 6.18 Å². The fourth-order valence-electron chi connectivity index (χ4n) is 6.10. The van der Waals surface area contributed by atoms with E-state index < -0.39 is 17.2 Å². The first-order valence-corrected chi connectivity index (χ1v) is 15.7. The Morgan fingerprint density at radius 3 is 2.34 bits per heavy atom. The minimum atomic E-state index is -4.58. The second-order valence-corrected chi connectivity index (χ2v) is 12.2. The predicted molar refractivity (Wildman–Crippen MR) is 167 cm³/mol. The minimum Gasteiger partial charge on any atom is -0.471 e. The van der Waals surface area contributed by atoms with Crippen LogP contribution in [0.15, 0.2) is 61.1 Å². The fraction of sp³-hybridized carbons (Fsp3) is 0.353. The van der Waals surface area contributed by atoms with Crippen LogP contribution >= 0.6 is 11.6 Å². The summed E-state index contributed by atoms with van der Waals surface area (Å²) in [5.41, 5.74) is -0.313. The summed E-state index contributed by atoms with van der Waals surface area (Å²) in [5.74, 6) is -0.359. The Labute approximate surface area is 273 Å². The first-order chi connectivity index (χ1) is 22.6. The average molecular weight is 663 g/mol. The van der Waals surface area contributed by atoms with E-state index in [0.717, 1.165) is 25.3 Å². The summed E-state index contributed by atoms with van der Waals surface area (Å²) in [7, 11) is 0. The number of carbonyl (C=O) groups excluding carboxylic acids is 2. The standard InChI is InChI=1S/C34H30ClF3N6O3/c35-27-16-24(34(36,37)38)19-41-28(27)20-47-30-17-25-23(18-42-30)14-22(15-26(25)32(46)43-10-4-1-5-11-43)31(45)44-12-7-33(21-39,8-13-44)29-6-2-3-9-40-29/h2-3,6,9,14-19H,1,4-5,7-8,10-13,20H2. The third-order valence-electron chi connectivity index (χ3n) is 8.81. The lowest BCUT2D eigenvalue weighted by molar-refractivity contribution is -0.137. The van der Waals surface area contributed by atoms with Crippen LogP contribution in [-0.2, 0) is 18.2 Å². The van der Waals surface area contributed by atoms with Crippen molar-refractivity contribution in [3.8, 4) is 11.9 Å². The predicted octanol–water partition coefficient (Wildman–Crippen LogP) is 6.60. The van der Waals surface area contributed by atoms with Crippen LogP contribution in [0.5, 0.6) is 5.88 Å². The molecule has 242 valence electrons. The van der Waals surface area contributed by atoms with Gasteiger partial charge in [-0.15, -0.1) is 0 Å². The zero-order valence-corrected chi connectivity index (χ0v) is 26.0. The van der Waals surface area contributed by atoms with Gasteiger partial charge in [0, 0.05) is 72.7 Å². The Morgan fingerprint density at radius 2 is 1.68 bits per heavy atom. The number of fused-ring (bicyclic) bond motifs is 1. The second-order valence-electron chi connectivity index (χ2n) is 11.8. The van der Waals surface area contributed by atoms with Gasteiger partial charge in [0.25, 0.3) is 11.8 Å². The molecular formula is C34H30ClF3N6O3. The van der Waals surface area contributed by atoms with Crippen molar-refractivity contribution in [2.75, 3.05) is 26.2 Å². The van der Waals surface area contributed by atoms with Gasteiger partial charge in [0.15, 0.2) is 0 Å². The van der Waals surface area contributed by atoms with Crippen molar-refractivity contribution in [2.24, 2.45) is 0 Å². The number of likely N-dealkylation sites (tertiary alicyclic amines) is 2. The van der Waals surface area contributed by atoms with Gasteiger partial charge in [-0.1, -0.05) is 17.7 Å². The molecule has 0 N–H and O–H groups in total. The zero-order valence-electron chi connectivity index (χ0n) is 25.3. The van der Waals surface area contributed by atoms with E-state index in [2.05, 4.69) is 21.0 Å². The Kier molecular flexibility index (Phi) is 9.01. The summed E-state index contributed by atoms with van der Waals surface area (Å²) in [4.78, 5) is 43.7. The van der Waals surface area contributed by atoms with Gasteiger partial charge in [0.05, 0.1) is 28.0 Å². The number of carbonyl (C=O) groups is 2. The van der Waals surface area contributed by atoms with Crippen LogP contribution in [0.4, 0.5) is 13.2 Å². The molecule has 0 aliphatic carbocycles. The van der Waals surface area contributed by atoms with Crippen molar-refractivity contribution >= 4 is 34.2 Å². The minimum absolute atomic E-state index is 0.0946. The summed E-state index contributed by atoms with van der Waals surface area (Å²) in [6.45, 7) is 1.64. The Balaban J connectivity index is 1.27.